The Labute approximate surface area is 79.8 Å². The van der Waals surface area contributed by atoms with E-state index in [1.165, 1.54) is 5.56 Å². The first-order valence-electron chi connectivity index (χ1n) is 4.40. The Morgan fingerprint density at radius 3 is 2.38 bits per heavy atom. The Morgan fingerprint density at radius 1 is 1.15 bits per heavy atom. The Hall–Kier alpha value is -1.34. The summed E-state index contributed by atoms with van der Waals surface area (Å²) in [5.74, 6) is 0. The van der Waals surface area contributed by atoms with Crippen molar-refractivity contribution in [3.05, 3.63) is 54.6 Å². The van der Waals surface area contributed by atoms with Crippen LogP contribution >= 0.6 is 0 Å². The van der Waals surface area contributed by atoms with E-state index in [0.717, 1.165) is 18.7 Å². The van der Waals surface area contributed by atoms with Gasteiger partial charge in [0.15, 0.2) is 0 Å². The van der Waals surface area contributed by atoms with Crippen molar-refractivity contribution in [3.8, 4) is 0 Å². The molecule has 1 N–H and O–H groups in total. The predicted octanol–water partition coefficient (Wildman–Crippen LogP) is 2.61. The van der Waals surface area contributed by atoms with E-state index in [2.05, 4.69) is 42.7 Å². The van der Waals surface area contributed by atoms with E-state index in [0.29, 0.717) is 0 Å². The summed E-state index contributed by atoms with van der Waals surface area (Å²) in [5.41, 5.74) is 2.44. The molecule has 13 heavy (non-hydrogen) atoms. The smallest absolute Gasteiger partial charge is 0.0208 e. The van der Waals surface area contributed by atoms with Crippen LogP contribution in [0.5, 0.6) is 0 Å². The van der Waals surface area contributed by atoms with Gasteiger partial charge in [-0.25, -0.2) is 0 Å². The Morgan fingerprint density at radius 2 is 1.85 bits per heavy atom. The summed E-state index contributed by atoms with van der Waals surface area (Å²) in [6, 6.07) is 8.34. The fourth-order valence-electron chi connectivity index (χ4n) is 1.09. The maximum atomic E-state index is 3.71. The number of benzene rings is 1. The van der Waals surface area contributed by atoms with Crippen LogP contribution in [0.15, 0.2) is 43.5 Å². The van der Waals surface area contributed by atoms with Crippen LogP contribution < -0.4 is 5.32 Å². The van der Waals surface area contributed by atoms with Crippen LogP contribution in [0.4, 0.5) is 0 Å². The van der Waals surface area contributed by atoms with Gasteiger partial charge in [-0.3, -0.25) is 0 Å². The lowest BCUT2D eigenvalue weighted by molar-refractivity contribution is 0.760. The second-order valence-electron chi connectivity index (χ2n) is 2.87. The van der Waals surface area contributed by atoms with Crippen LogP contribution in [0.25, 0.3) is 6.08 Å². The van der Waals surface area contributed by atoms with Crippen molar-refractivity contribution in [2.24, 2.45) is 0 Å². The molecule has 0 radical (unpaired) electrons. The first-order valence-corrected chi connectivity index (χ1v) is 4.40. The quantitative estimate of drug-likeness (QED) is 0.533. The molecule has 0 heterocycles. The second-order valence-corrected chi connectivity index (χ2v) is 2.87. The molecule has 0 bridgehead atoms. The maximum Gasteiger partial charge on any atom is 0.0208 e. The minimum atomic E-state index is 0.850. The third-order valence-corrected chi connectivity index (χ3v) is 1.83. The van der Waals surface area contributed by atoms with Crippen molar-refractivity contribution < 1.29 is 0 Å². The lowest BCUT2D eigenvalue weighted by Crippen LogP contribution is -2.12. The zero-order valence-electron chi connectivity index (χ0n) is 7.79. The van der Waals surface area contributed by atoms with Crippen LogP contribution in [0, 0.1) is 0 Å². The first-order chi connectivity index (χ1) is 6.36. The van der Waals surface area contributed by atoms with Crippen molar-refractivity contribution in [1.82, 2.24) is 5.32 Å². The summed E-state index contributed by atoms with van der Waals surface area (Å²) in [5, 5.41) is 3.24. The molecular weight excluding hydrogens is 158 g/mol. The zero-order chi connectivity index (χ0) is 9.52. The number of nitrogens with one attached hydrogen (secondary N) is 1. The highest BCUT2D eigenvalue weighted by Gasteiger charge is 1.90. The molecule has 68 valence electrons. The molecule has 0 aliphatic rings. The molecule has 1 rings (SSSR count). The summed E-state index contributed by atoms with van der Waals surface area (Å²) in [6.45, 7) is 9.09. The molecule has 1 aromatic rings. The third kappa shape index (κ3) is 3.26. The van der Waals surface area contributed by atoms with Crippen LogP contribution in [0.2, 0.25) is 0 Å². The van der Waals surface area contributed by atoms with E-state index < -0.39 is 0 Å². The van der Waals surface area contributed by atoms with Crippen molar-refractivity contribution in [2.75, 3.05) is 6.54 Å². The molecule has 1 nitrogen and oxygen atoms in total. The van der Waals surface area contributed by atoms with E-state index in [1.807, 2.05) is 12.2 Å². The van der Waals surface area contributed by atoms with Crippen molar-refractivity contribution in [2.45, 2.75) is 6.54 Å². The summed E-state index contributed by atoms with van der Waals surface area (Å²) < 4.78 is 0. The Kier molecular flexibility index (Phi) is 4.00. The van der Waals surface area contributed by atoms with Gasteiger partial charge in [-0.15, -0.1) is 6.58 Å². The van der Waals surface area contributed by atoms with Crippen LogP contribution in [0.3, 0.4) is 0 Å². The average Bonchev–Trinajstić information content (AvgIpc) is 2.19. The molecule has 0 amide bonds. The summed E-state index contributed by atoms with van der Waals surface area (Å²) in [4.78, 5) is 0. The first kappa shape index (κ1) is 9.75. The molecule has 0 atom stereocenters. The van der Waals surface area contributed by atoms with Gasteiger partial charge in [-0.1, -0.05) is 43.0 Å². The molecule has 0 fully saturated rings. The largest absolute Gasteiger partial charge is 0.309 e. The lowest BCUT2D eigenvalue weighted by Gasteiger charge is -2.02. The second kappa shape index (κ2) is 5.33. The topological polar surface area (TPSA) is 12.0 Å². The highest BCUT2D eigenvalue weighted by molar-refractivity contribution is 5.47. The number of hydrogen-bond acceptors (Lipinski definition) is 1. The van der Waals surface area contributed by atoms with Gasteiger partial charge < -0.3 is 5.32 Å². The fourth-order valence-corrected chi connectivity index (χ4v) is 1.09. The highest BCUT2D eigenvalue weighted by atomic mass is 14.8. The Bertz CT molecular complexity index is 272. The van der Waals surface area contributed by atoms with Crippen molar-refractivity contribution in [1.29, 1.82) is 0 Å². The van der Waals surface area contributed by atoms with E-state index in [4.69, 9.17) is 0 Å². The molecule has 0 aliphatic carbocycles. The van der Waals surface area contributed by atoms with Crippen molar-refractivity contribution in [3.63, 3.8) is 0 Å². The van der Waals surface area contributed by atoms with Gasteiger partial charge in [0.25, 0.3) is 0 Å². The monoisotopic (exact) mass is 173 g/mol. The molecule has 0 aromatic heterocycles. The molecule has 0 spiro atoms. The van der Waals surface area contributed by atoms with E-state index in [-0.39, 0.29) is 0 Å². The van der Waals surface area contributed by atoms with Gasteiger partial charge in [0.05, 0.1) is 0 Å². The highest BCUT2D eigenvalue weighted by Crippen LogP contribution is 2.04. The zero-order valence-corrected chi connectivity index (χ0v) is 7.79. The molecule has 0 saturated heterocycles. The number of rotatable bonds is 5. The van der Waals surface area contributed by atoms with Crippen molar-refractivity contribution >= 4 is 6.08 Å². The van der Waals surface area contributed by atoms with Crippen LogP contribution in [0.1, 0.15) is 11.1 Å². The molecule has 0 unspecified atom stereocenters. The Balaban J connectivity index is 2.48. The summed E-state index contributed by atoms with van der Waals surface area (Å²) in [7, 11) is 0. The van der Waals surface area contributed by atoms with Gasteiger partial charge in [0.1, 0.15) is 0 Å². The van der Waals surface area contributed by atoms with E-state index >= 15 is 0 Å². The van der Waals surface area contributed by atoms with Gasteiger partial charge in [-0.05, 0) is 11.1 Å². The van der Waals surface area contributed by atoms with Gasteiger partial charge in [0, 0.05) is 13.1 Å². The third-order valence-electron chi connectivity index (χ3n) is 1.83. The molecule has 0 saturated carbocycles. The summed E-state index contributed by atoms with van der Waals surface area (Å²) in [6.07, 6.45) is 3.71. The van der Waals surface area contributed by atoms with E-state index in [9.17, 15) is 0 Å². The fraction of sp³-hybridized carbons (Fsp3) is 0.167. The maximum absolute atomic E-state index is 3.71. The minimum absolute atomic E-state index is 0.850. The van der Waals surface area contributed by atoms with E-state index in [1.54, 1.807) is 0 Å². The van der Waals surface area contributed by atoms with Crippen LogP contribution in [-0.4, -0.2) is 6.54 Å². The molecule has 1 heteroatoms. The van der Waals surface area contributed by atoms with Gasteiger partial charge in [0.2, 0.25) is 0 Å². The minimum Gasteiger partial charge on any atom is -0.309 e. The standard InChI is InChI=1S/C12H15N/c1-3-9-13-10-12-7-5-11(4-2)6-8-12/h3-8,13H,1-2,9-10H2. The summed E-state index contributed by atoms with van der Waals surface area (Å²) >= 11 is 0. The SMILES string of the molecule is C=CCNCc1ccc(C=C)cc1. The lowest BCUT2D eigenvalue weighted by atomic mass is 10.1. The predicted molar refractivity (Wildman–Crippen MR) is 58.4 cm³/mol. The number of hydrogen-bond donors (Lipinski definition) is 1. The van der Waals surface area contributed by atoms with Crippen LogP contribution in [-0.2, 0) is 6.54 Å². The average molecular weight is 173 g/mol. The van der Waals surface area contributed by atoms with Gasteiger partial charge in [-0.2, -0.15) is 0 Å². The molecular formula is C12H15N. The van der Waals surface area contributed by atoms with Gasteiger partial charge >= 0.3 is 0 Å². The molecule has 1 aromatic carbocycles. The normalized spacial score (nSPS) is 9.54. The molecule has 0 aliphatic heterocycles.